The lowest BCUT2D eigenvalue weighted by molar-refractivity contribution is 0.111. The number of hydrogen-bond acceptors (Lipinski definition) is 2. The van der Waals surface area contributed by atoms with Crippen molar-refractivity contribution in [3.63, 3.8) is 0 Å². The fourth-order valence-corrected chi connectivity index (χ4v) is 2.44. The van der Waals surface area contributed by atoms with Crippen LogP contribution in [0.15, 0.2) is 12.4 Å². The second kappa shape index (κ2) is 4.79. The molecular formula is C12H20N2O. The third-order valence-electron chi connectivity index (χ3n) is 3.40. The molecule has 2 rings (SSSR count). The summed E-state index contributed by atoms with van der Waals surface area (Å²) in [6, 6.07) is 0. The first-order chi connectivity index (χ1) is 7.29. The Balaban J connectivity index is 1.89. The van der Waals surface area contributed by atoms with Crippen molar-refractivity contribution in [3.8, 4) is 0 Å². The van der Waals surface area contributed by atoms with Crippen molar-refractivity contribution < 1.29 is 5.11 Å². The van der Waals surface area contributed by atoms with Gasteiger partial charge in [0.25, 0.3) is 0 Å². The number of aliphatic hydroxyl groups is 1. The van der Waals surface area contributed by atoms with Crippen LogP contribution in [0.25, 0.3) is 0 Å². The quantitative estimate of drug-likeness (QED) is 0.821. The van der Waals surface area contributed by atoms with Crippen LogP contribution in [-0.4, -0.2) is 21.0 Å². The highest BCUT2D eigenvalue weighted by Gasteiger charge is 2.23. The molecule has 1 atom stereocenters. The predicted molar refractivity (Wildman–Crippen MR) is 59.6 cm³/mol. The van der Waals surface area contributed by atoms with E-state index < -0.39 is 0 Å². The Labute approximate surface area is 91.1 Å². The third-order valence-corrected chi connectivity index (χ3v) is 3.40. The number of nitrogens with zero attached hydrogens (tertiary/aromatic N) is 2. The lowest BCUT2D eigenvalue weighted by atomic mass is 9.96. The SMILES string of the molecule is CCn1cc(CC(O)C2CCCC2)cn1. The van der Waals surface area contributed by atoms with Crippen LogP contribution < -0.4 is 0 Å². The minimum absolute atomic E-state index is 0.165. The van der Waals surface area contributed by atoms with Crippen LogP contribution in [0.1, 0.15) is 38.2 Å². The van der Waals surface area contributed by atoms with E-state index in [1.54, 1.807) is 0 Å². The van der Waals surface area contributed by atoms with E-state index in [1.807, 2.05) is 17.1 Å². The molecule has 1 saturated carbocycles. The molecule has 0 bridgehead atoms. The maximum absolute atomic E-state index is 10.0. The van der Waals surface area contributed by atoms with E-state index in [1.165, 1.54) is 25.7 Å². The summed E-state index contributed by atoms with van der Waals surface area (Å²) in [4.78, 5) is 0. The Kier molecular flexibility index (Phi) is 3.41. The van der Waals surface area contributed by atoms with Gasteiger partial charge in [-0.05, 0) is 31.2 Å². The Morgan fingerprint density at radius 3 is 2.87 bits per heavy atom. The van der Waals surface area contributed by atoms with Crippen LogP contribution in [0, 0.1) is 5.92 Å². The van der Waals surface area contributed by atoms with Gasteiger partial charge in [0.15, 0.2) is 0 Å². The molecular weight excluding hydrogens is 188 g/mol. The summed E-state index contributed by atoms with van der Waals surface area (Å²) in [5.74, 6) is 0.523. The Morgan fingerprint density at radius 2 is 2.27 bits per heavy atom. The van der Waals surface area contributed by atoms with Crippen molar-refractivity contribution in [1.29, 1.82) is 0 Å². The highest BCUT2D eigenvalue weighted by Crippen LogP contribution is 2.29. The van der Waals surface area contributed by atoms with E-state index in [-0.39, 0.29) is 6.10 Å². The van der Waals surface area contributed by atoms with Gasteiger partial charge < -0.3 is 5.11 Å². The summed E-state index contributed by atoms with van der Waals surface area (Å²) in [7, 11) is 0. The third kappa shape index (κ3) is 2.59. The number of rotatable bonds is 4. The van der Waals surface area contributed by atoms with Crippen LogP contribution in [0.5, 0.6) is 0 Å². The van der Waals surface area contributed by atoms with E-state index in [0.717, 1.165) is 18.5 Å². The van der Waals surface area contributed by atoms with Gasteiger partial charge in [-0.25, -0.2) is 0 Å². The lowest BCUT2D eigenvalue weighted by Gasteiger charge is -2.16. The number of aromatic nitrogens is 2. The fourth-order valence-electron chi connectivity index (χ4n) is 2.44. The van der Waals surface area contributed by atoms with E-state index in [9.17, 15) is 5.11 Å². The summed E-state index contributed by atoms with van der Waals surface area (Å²) >= 11 is 0. The first kappa shape index (κ1) is 10.7. The van der Waals surface area contributed by atoms with E-state index in [2.05, 4.69) is 12.0 Å². The highest BCUT2D eigenvalue weighted by atomic mass is 16.3. The predicted octanol–water partition coefficient (Wildman–Crippen LogP) is 2.00. The Hall–Kier alpha value is -0.830. The van der Waals surface area contributed by atoms with E-state index in [4.69, 9.17) is 0 Å². The molecule has 0 aromatic carbocycles. The molecule has 15 heavy (non-hydrogen) atoms. The summed E-state index contributed by atoms with van der Waals surface area (Å²) in [6.45, 7) is 2.98. The lowest BCUT2D eigenvalue weighted by Crippen LogP contribution is -2.20. The molecule has 1 aromatic heterocycles. The van der Waals surface area contributed by atoms with Gasteiger partial charge in [0.2, 0.25) is 0 Å². The van der Waals surface area contributed by atoms with Gasteiger partial charge in [0, 0.05) is 19.2 Å². The number of aryl methyl sites for hydroxylation is 1. The molecule has 3 heteroatoms. The molecule has 0 amide bonds. The normalized spacial score (nSPS) is 19.6. The van der Waals surface area contributed by atoms with Crippen LogP contribution in [0.3, 0.4) is 0 Å². The molecule has 1 aromatic rings. The minimum Gasteiger partial charge on any atom is -0.392 e. The molecule has 0 saturated heterocycles. The first-order valence-electron chi connectivity index (χ1n) is 5.99. The maximum Gasteiger partial charge on any atom is 0.0609 e. The first-order valence-corrected chi connectivity index (χ1v) is 5.99. The topological polar surface area (TPSA) is 38.0 Å². The van der Waals surface area contributed by atoms with Crippen LogP contribution >= 0.6 is 0 Å². The van der Waals surface area contributed by atoms with Crippen molar-refractivity contribution in [3.05, 3.63) is 18.0 Å². The summed E-state index contributed by atoms with van der Waals surface area (Å²) in [5.41, 5.74) is 1.16. The van der Waals surface area contributed by atoms with E-state index >= 15 is 0 Å². The molecule has 84 valence electrons. The van der Waals surface area contributed by atoms with Gasteiger partial charge >= 0.3 is 0 Å². The fraction of sp³-hybridized carbons (Fsp3) is 0.750. The van der Waals surface area contributed by atoms with Gasteiger partial charge in [-0.3, -0.25) is 4.68 Å². The number of hydrogen-bond donors (Lipinski definition) is 1. The largest absolute Gasteiger partial charge is 0.392 e. The zero-order valence-electron chi connectivity index (χ0n) is 9.39. The maximum atomic E-state index is 10.0. The molecule has 0 radical (unpaired) electrons. The molecule has 0 spiro atoms. The highest BCUT2D eigenvalue weighted by molar-refractivity contribution is 5.06. The number of aliphatic hydroxyl groups excluding tert-OH is 1. The minimum atomic E-state index is -0.165. The van der Waals surface area contributed by atoms with Crippen LogP contribution in [0.2, 0.25) is 0 Å². The van der Waals surface area contributed by atoms with Gasteiger partial charge in [-0.2, -0.15) is 5.10 Å². The van der Waals surface area contributed by atoms with Crippen molar-refractivity contribution >= 4 is 0 Å². The van der Waals surface area contributed by atoms with E-state index in [0.29, 0.717) is 5.92 Å². The summed E-state index contributed by atoms with van der Waals surface area (Å²) in [5, 5.41) is 14.3. The zero-order chi connectivity index (χ0) is 10.7. The van der Waals surface area contributed by atoms with Crippen molar-refractivity contribution in [2.75, 3.05) is 0 Å². The van der Waals surface area contributed by atoms with Crippen molar-refractivity contribution in [2.45, 2.75) is 51.7 Å². The van der Waals surface area contributed by atoms with Gasteiger partial charge in [0.05, 0.1) is 12.3 Å². The molecule has 3 nitrogen and oxygen atoms in total. The molecule has 1 heterocycles. The zero-order valence-corrected chi connectivity index (χ0v) is 9.39. The second-order valence-electron chi connectivity index (χ2n) is 4.52. The molecule has 1 unspecified atom stereocenters. The second-order valence-corrected chi connectivity index (χ2v) is 4.52. The summed E-state index contributed by atoms with van der Waals surface area (Å²) in [6.07, 6.45) is 9.49. The molecule has 1 fully saturated rings. The standard InChI is InChI=1S/C12H20N2O/c1-2-14-9-10(8-13-14)7-12(15)11-5-3-4-6-11/h8-9,11-12,15H,2-7H2,1H3. The summed E-state index contributed by atoms with van der Waals surface area (Å²) < 4.78 is 1.91. The molecule has 1 aliphatic rings. The molecule has 1 N–H and O–H groups in total. The molecule has 0 aliphatic heterocycles. The molecule has 1 aliphatic carbocycles. The van der Waals surface area contributed by atoms with Crippen LogP contribution in [-0.2, 0) is 13.0 Å². The average Bonchev–Trinajstić information content (AvgIpc) is 2.87. The average molecular weight is 208 g/mol. The Morgan fingerprint density at radius 1 is 1.53 bits per heavy atom. The van der Waals surface area contributed by atoms with Crippen LogP contribution in [0.4, 0.5) is 0 Å². The van der Waals surface area contributed by atoms with Crippen molar-refractivity contribution in [2.24, 2.45) is 5.92 Å². The monoisotopic (exact) mass is 208 g/mol. The van der Waals surface area contributed by atoms with Gasteiger partial charge in [0.1, 0.15) is 0 Å². The Bertz CT molecular complexity index is 302. The van der Waals surface area contributed by atoms with Crippen molar-refractivity contribution in [1.82, 2.24) is 9.78 Å². The van der Waals surface area contributed by atoms with Gasteiger partial charge in [-0.1, -0.05) is 12.8 Å². The smallest absolute Gasteiger partial charge is 0.0609 e. The van der Waals surface area contributed by atoms with Gasteiger partial charge in [-0.15, -0.1) is 0 Å².